The maximum Gasteiger partial charge on any atom is 0.331 e. The van der Waals surface area contributed by atoms with E-state index in [4.69, 9.17) is 23.7 Å². The van der Waals surface area contributed by atoms with Crippen LogP contribution < -0.4 is 23.7 Å². The van der Waals surface area contributed by atoms with Crippen LogP contribution in [0.2, 0.25) is 0 Å². The normalized spacial score (nSPS) is 11.5. The Morgan fingerprint density at radius 1 is 0.432 bits per heavy atom. The van der Waals surface area contributed by atoms with Crippen molar-refractivity contribution in [2.45, 2.75) is 163 Å². The molecule has 0 saturated carbocycles. The number of hydrogen-bond acceptors (Lipinski definition) is 12. The molecule has 4 aromatic carbocycles. The van der Waals surface area contributed by atoms with Crippen molar-refractivity contribution in [2.24, 2.45) is 0 Å². The molecule has 13 heteroatoms. The molecule has 0 saturated heterocycles. The van der Waals surface area contributed by atoms with E-state index in [2.05, 4.69) is 90.7 Å². The Morgan fingerprint density at radius 2 is 0.865 bits per heavy atom. The zero-order chi connectivity index (χ0) is 52.1. The molecule has 0 fully saturated rings. The van der Waals surface area contributed by atoms with Gasteiger partial charge in [0, 0.05) is 5.41 Å². The SMILES string of the molecule is CCCCCCOc1nc(OCCCCCC)nc(Oc2ccc(C(C)(C)c3ccc(Oc4nc(OCCCCCC)c5c(O)n(-c6ccc(Cc7ccc(CCCCCC)cc7)cc6)c(O)c5n4)cc3)cc2)n1. The summed E-state index contributed by atoms with van der Waals surface area (Å²) in [6, 6.07) is 32.8. The Kier molecular flexibility index (Phi) is 20.7. The van der Waals surface area contributed by atoms with Gasteiger partial charge >= 0.3 is 24.0 Å². The molecule has 3 heterocycles. The van der Waals surface area contributed by atoms with Gasteiger partial charge in [0.1, 0.15) is 22.4 Å². The number of ether oxygens (including phenoxy) is 5. The number of unbranched alkanes of at least 4 members (excludes halogenated alkanes) is 12. The number of hydrogen-bond donors (Lipinski definition) is 2. The van der Waals surface area contributed by atoms with Gasteiger partial charge in [-0.25, -0.2) is 4.57 Å². The van der Waals surface area contributed by atoms with E-state index in [9.17, 15) is 10.2 Å². The number of aryl methyl sites for hydroxylation is 1. The van der Waals surface area contributed by atoms with Crippen LogP contribution in [0.1, 0.15) is 172 Å². The van der Waals surface area contributed by atoms with E-state index in [1.54, 1.807) is 0 Å². The quantitative estimate of drug-likeness (QED) is 0.0386. The van der Waals surface area contributed by atoms with Gasteiger partial charge in [-0.15, -0.1) is 15.0 Å². The molecule has 0 aliphatic rings. The Labute approximate surface area is 438 Å². The third kappa shape index (κ3) is 15.3. The third-order valence-corrected chi connectivity index (χ3v) is 13.5. The number of nitrogens with zero attached hydrogens (tertiary/aromatic N) is 6. The van der Waals surface area contributed by atoms with Gasteiger partial charge in [-0.1, -0.05) is 179 Å². The van der Waals surface area contributed by atoms with Crippen molar-refractivity contribution in [1.29, 1.82) is 0 Å². The van der Waals surface area contributed by atoms with Crippen LogP contribution in [-0.4, -0.2) is 59.5 Å². The van der Waals surface area contributed by atoms with Crippen LogP contribution in [0.4, 0.5) is 0 Å². The predicted octanol–water partition coefficient (Wildman–Crippen LogP) is 15.5. The lowest BCUT2D eigenvalue weighted by Gasteiger charge is -2.26. The van der Waals surface area contributed by atoms with Crippen LogP contribution >= 0.6 is 0 Å². The molecule has 0 amide bonds. The smallest absolute Gasteiger partial charge is 0.331 e. The van der Waals surface area contributed by atoms with Gasteiger partial charge in [0.05, 0.1) is 25.5 Å². The first-order valence-electron chi connectivity index (χ1n) is 27.3. The van der Waals surface area contributed by atoms with Crippen molar-refractivity contribution in [3.63, 3.8) is 0 Å². The van der Waals surface area contributed by atoms with E-state index in [1.165, 1.54) is 41.4 Å². The highest BCUT2D eigenvalue weighted by Gasteiger charge is 2.27. The van der Waals surface area contributed by atoms with Gasteiger partial charge in [-0.2, -0.15) is 9.97 Å². The van der Waals surface area contributed by atoms with Crippen LogP contribution in [0.15, 0.2) is 97.1 Å². The monoisotopic (exact) mass is 1010 g/mol. The van der Waals surface area contributed by atoms with Crippen LogP contribution in [0.5, 0.6) is 53.2 Å². The van der Waals surface area contributed by atoms with Gasteiger partial charge in [0.25, 0.3) is 0 Å². The van der Waals surface area contributed by atoms with Crippen molar-refractivity contribution >= 4 is 10.9 Å². The summed E-state index contributed by atoms with van der Waals surface area (Å²) < 4.78 is 31.8. The van der Waals surface area contributed by atoms with Crippen LogP contribution in [0.3, 0.4) is 0 Å². The highest BCUT2D eigenvalue weighted by molar-refractivity contribution is 5.95. The second-order valence-corrected chi connectivity index (χ2v) is 19.8. The Morgan fingerprint density at radius 3 is 1.36 bits per heavy atom. The molecule has 0 aliphatic heterocycles. The maximum atomic E-state index is 11.7. The van der Waals surface area contributed by atoms with Crippen molar-refractivity contribution in [1.82, 2.24) is 29.5 Å². The molecular weight excluding hydrogens is 929 g/mol. The summed E-state index contributed by atoms with van der Waals surface area (Å²) in [7, 11) is 0. The van der Waals surface area contributed by atoms with Gasteiger partial charge in [0.15, 0.2) is 0 Å². The fourth-order valence-corrected chi connectivity index (χ4v) is 8.91. The fraction of sp³-hybridized carbons (Fsp3) is 0.459. The van der Waals surface area contributed by atoms with E-state index >= 15 is 0 Å². The van der Waals surface area contributed by atoms with Gasteiger partial charge in [-0.05, 0) is 103 Å². The second kappa shape index (κ2) is 28.0. The summed E-state index contributed by atoms with van der Waals surface area (Å²) in [5.41, 5.74) is 6.10. The van der Waals surface area contributed by atoms with Crippen molar-refractivity contribution < 1.29 is 33.9 Å². The first-order valence-corrected chi connectivity index (χ1v) is 27.3. The summed E-state index contributed by atoms with van der Waals surface area (Å²) in [5, 5.41) is 23.7. The van der Waals surface area contributed by atoms with Crippen molar-refractivity contribution in [2.75, 3.05) is 19.8 Å². The average molecular weight is 1010 g/mol. The Balaban J connectivity index is 1.04. The topological polar surface area (TPSA) is 156 Å². The minimum atomic E-state index is -0.403. The average Bonchev–Trinajstić information content (AvgIpc) is 3.66. The summed E-state index contributed by atoms with van der Waals surface area (Å²) >= 11 is 0. The Bertz CT molecular complexity index is 2750. The van der Waals surface area contributed by atoms with Gasteiger partial charge < -0.3 is 33.9 Å². The molecule has 3 aromatic heterocycles. The molecule has 394 valence electrons. The lowest BCUT2D eigenvalue weighted by molar-refractivity contribution is 0.245. The van der Waals surface area contributed by atoms with Crippen molar-refractivity contribution in [3.8, 4) is 58.9 Å². The highest BCUT2D eigenvalue weighted by Crippen LogP contribution is 2.44. The van der Waals surface area contributed by atoms with Crippen LogP contribution in [-0.2, 0) is 18.3 Å². The molecule has 0 bridgehead atoms. The third-order valence-electron chi connectivity index (χ3n) is 13.5. The van der Waals surface area contributed by atoms with E-state index < -0.39 is 5.41 Å². The zero-order valence-corrected chi connectivity index (χ0v) is 44.7. The van der Waals surface area contributed by atoms with Crippen LogP contribution in [0, 0.1) is 0 Å². The lowest BCUT2D eigenvalue weighted by atomic mass is 9.78. The standard InChI is InChI=1S/C61H78N6O7/c1-7-11-15-19-23-44-24-26-45(27-25-44)43-46-28-34-49(35-29-46)67-55(68)52-53(56(67)69)62-59(63-54(52)70-40-20-16-12-8-2)73-50-36-30-47(31-37-50)61(5,6)48-32-38-51(39-33-48)74-60-65-57(71-41-21-17-13-9-3)64-58(66-60)72-42-22-18-14-10-4/h24-39,68-69H,7-23,40-43H2,1-6H3. The molecule has 74 heavy (non-hydrogen) atoms. The zero-order valence-electron chi connectivity index (χ0n) is 44.7. The van der Waals surface area contributed by atoms with E-state index in [1.807, 2.05) is 72.8 Å². The molecule has 2 N–H and O–H groups in total. The molecule has 13 nitrogen and oxygen atoms in total. The maximum absolute atomic E-state index is 11.7. The van der Waals surface area contributed by atoms with E-state index in [-0.39, 0.29) is 52.6 Å². The predicted molar refractivity (Wildman–Crippen MR) is 293 cm³/mol. The minimum absolute atomic E-state index is 0.0204. The number of aromatic hydroxyl groups is 2. The lowest BCUT2D eigenvalue weighted by Crippen LogP contribution is -2.18. The Hall–Kier alpha value is -6.89. The summed E-state index contributed by atoms with van der Waals surface area (Å²) in [5.74, 6) is 0.733. The molecule has 0 spiro atoms. The summed E-state index contributed by atoms with van der Waals surface area (Å²) in [6.45, 7) is 14.5. The highest BCUT2D eigenvalue weighted by atomic mass is 16.5. The number of aromatic nitrogens is 6. The molecule has 7 aromatic rings. The number of benzene rings is 4. The fourth-order valence-electron chi connectivity index (χ4n) is 8.91. The molecule has 0 atom stereocenters. The first-order chi connectivity index (χ1) is 36.1. The number of rotatable bonds is 32. The molecule has 0 aliphatic carbocycles. The van der Waals surface area contributed by atoms with Crippen molar-refractivity contribution in [3.05, 3.63) is 125 Å². The largest absolute Gasteiger partial charge is 0.494 e. The van der Waals surface area contributed by atoms with Gasteiger partial charge in [-0.3, -0.25) is 0 Å². The van der Waals surface area contributed by atoms with E-state index in [0.717, 1.165) is 107 Å². The first kappa shape index (κ1) is 54.9. The molecule has 0 unspecified atom stereocenters. The number of fused-ring (bicyclic) bond motifs is 1. The van der Waals surface area contributed by atoms with E-state index in [0.29, 0.717) is 37.0 Å². The van der Waals surface area contributed by atoms with Gasteiger partial charge in [0.2, 0.25) is 17.6 Å². The molecule has 7 rings (SSSR count). The summed E-state index contributed by atoms with van der Waals surface area (Å²) in [6.07, 6.45) is 19.4. The summed E-state index contributed by atoms with van der Waals surface area (Å²) in [4.78, 5) is 22.6. The molecule has 0 radical (unpaired) electrons. The van der Waals surface area contributed by atoms with Crippen LogP contribution in [0.25, 0.3) is 16.6 Å². The minimum Gasteiger partial charge on any atom is -0.494 e. The molecular formula is C61H78N6O7. The second-order valence-electron chi connectivity index (χ2n) is 19.8.